The maximum Gasteiger partial charge on any atom is 0.0647 e. The Balaban J connectivity index is 2.17. The monoisotopic (exact) mass is 237 g/mol. The zero-order valence-corrected chi connectivity index (χ0v) is 10.9. The van der Waals surface area contributed by atoms with E-state index in [1.807, 2.05) is 0 Å². The topological polar surface area (TPSA) is 50.1 Å². The molecule has 0 bridgehead atoms. The van der Waals surface area contributed by atoms with E-state index < -0.39 is 0 Å². The Morgan fingerprint density at radius 2 is 2.29 bits per heavy atom. The van der Waals surface area contributed by atoms with Gasteiger partial charge in [0.15, 0.2) is 0 Å². The van der Waals surface area contributed by atoms with Crippen molar-refractivity contribution >= 4 is 0 Å². The van der Waals surface area contributed by atoms with Gasteiger partial charge in [-0.15, -0.1) is 0 Å². The molecule has 2 heterocycles. The summed E-state index contributed by atoms with van der Waals surface area (Å²) in [4.78, 5) is 0. The third kappa shape index (κ3) is 2.69. The lowest BCUT2D eigenvalue weighted by atomic mass is 10.1. The van der Waals surface area contributed by atoms with Crippen LogP contribution in [0.4, 0.5) is 0 Å². The van der Waals surface area contributed by atoms with Crippen LogP contribution < -0.4 is 5.32 Å². The SMILES string of the molecule is Cc1nn(C2CCCNC2)c(C)c1CCCO. The summed E-state index contributed by atoms with van der Waals surface area (Å²) < 4.78 is 2.19. The third-order valence-electron chi connectivity index (χ3n) is 3.68. The fraction of sp³-hybridized carbons (Fsp3) is 0.769. The van der Waals surface area contributed by atoms with Gasteiger partial charge in [-0.1, -0.05) is 0 Å². The quantitative estimate of drug-likeness (QED) is 0.831. The Bertz CT molecular complexity index is 367. The molecule has 1 aliphatic rings. The van der Waals surface area contributed by atoms with Crippen molar-refractivity contribution in [1.82, 2.24) is 15.1 Å². The van der Waals surface area contributed by atoms with Gasteiger partial charge in [0.2, 0.25) is 0 Å². The summed E-state index contributed by atoms with van der Waals surface area (Å²) >= 11 is 0. The summed E-state index contributed by atoms with van der Waals surface area (Å²) in [6.07, 6.45) is 4.22. The predicted octanol–water partition coefficient (Wildman–Crippen LogP) is 1.35. The van der Waals surface area contributed by atoms with E-state index in [0.29, 0.717) is 6.04 Å². The third-order valence-corrected chi connectivity index (χ3v) is 3.68. The standard InChI is InChI=1S/C13H23N3O/c1-10-13(6-4-8-17)11(2)16(15-10)12-5-3-7-14-9-12/h12,14,17H,3-9H2,1-2H3. The largest absolute Gasteiger partial charge is 0.396 e. The lowest BCUT2D eigenvalue weighted by Crippen LogP contribution is -2.32. The summed E-state index contributed by atoms with van der Waals surface area (Å²) in [6.45, 7) is 6.65. The van der Waals surface area contributed by atoms with Crippen LogP contribution in [-0.2, 0) is 6.42 Å². The number of nitrogens with one attached hydrogen (secondary N) is 1. The highest BCUT2D eigenvalue weighted by molar-refractivity contribution is 5.25. The van der Waals surface area contributed by atoms with Crippen molar-refractivity contribution in [3.63, 3.8) is 0 Å². The van der Waals surface area contributed by atoms with Gasteiger partial charge in [0.25, 0.3) is 0 Å². The molecule has 4 heteroatoms. The van der Waals surface area contributed by atoms with E-state index in [-0.39, 0.29) is 6.61 Å². The highest BCUT2D eigenvalue weighted by Gasteiger charge is 2.20. The van der Waals surface area contributed by atoms with E-state index in [2.05, 4.69) is 28.9 Å². The summed E-state index contributed by atoms with van der Waals surface area (Å²) in [6, 6.07) is 0.505. The zero-order valence-electron chi connectivity index (χ0n) is 10.9. The van der Waals surface area contributed by atoms with E-state index in [1.165, 1.54) is 24.1 Å². The second-order valence-electron chi connectivity index (χ2n) is 4.92. The summed E-state index contributed by atoms with van der Waals surface area (Å²) in [5, 5.41) is 17.0. The number of piperidine rings is 1. The molecule has 96 valence electrons. The smallest absolute Gasteiger partial charge is 0.0647 e. The molecule has 1 saturated heterocycles. The molecular formula is C13H23N3O. The second-order valence-corrected chi connectivity index (χ2v) is 4.92. The van der Waals surface area contributed by atoms with Crippen LogP contribution in [0.1, 0.15) is 42.3 Å². The van der Waals surface area contributed by atoms with Gasteiger partial charge >= 0.3 is 0 Å². The molecular weight excluding hydrogens is 214 g/mol. The van der Waals surface area contributed by atoms with Gasteiger partial charge in [-0.2, -0.15) is 5.10 Å². The molecule has 1 aromatic rings. The Morgan fingerprint density at radius 3 is 2.94 bits per heavy atom. The molecule has 0 aromatic carbocycles. The number of hydrogen-bond donors (Lipinski definition) is 2. The number of aliphatic hydroxyl groups excluding tert-OH is 1. The van der Waals surface area contributed by atoms with E-state index in [0.717, 1.165) is 31.6 Å². The number of aliphatic hydroxyl groups is 1. The Labute approximate surface area is 103 Å². The lowest BCUT2D eigenvalue weighted by Gasteiger charge is -2.24. The van der Waals surface area contributed by atoms with Crippen molar-refractivity contribution in [2.75, 3.05) is 19.7 Å². The molecule has 1 atom stereocenters. The van der Waals surface area contributed by atoms with Crippen LogP contribution in [0.15, 0.2) is 0 Å². The molecule has 1 unspecified atom stereocenters. The summed E-state index contributed by atoms with van der Waals surface area (Å²) in [7, 11) is 0. The van der Waals surface area contributed by atoms with Crippen LogP contribution in [0.5, 0.6) is 0 Å². The number of aromatic nitrogens is 2. The molecule has 2 N–H and O–H groups in total. The molecule has 0 aliphatic carbocycles. The van der Waals surface area contributed by atoms with Gasteiger partial charge in [-0.25, -0.2) is 0 Å². The summed E-state index contributed by atoms with van der Waals surface area (Å²) in [5.74, 6) is 0. The molecule has 0 spiro atoms. The maximum atomic E-state index is 8.93. The van der Waals surface area contributed by atoms with E-state index in [9.17, 15) is 0 Å². The van der Waals surface area contributed by atoms with Crippen molar-refractivity contribution in [2.24, 2.45) is 0 Å². The van der Waals surface area contributed by atoms with Gasteiger partial charge < -0.3 is 10.4 Å². The fourth-order valence-electron chi connectivity index (χ4n) is 2.71. The molecule has 1 aliphatic heterocycles. The average molecular weight is 237 g/mol. The number of hydrogen-bond acceptors (Lipinski definition) is 3. The molecule has 1 aromatic heterocycles. The van der Waals surface area contributed by atoms with Crippen LogP contribution in [0, 0.1) is 13.8 Å². The van der Waals surface area contributed by atoms with E-state index in [4.69, 9.17) is 5.11 Å². The van der Waals surface area contributed by atoms with Crippen LogP contribution in [-0.4, -0.2) is 34.6 Å². The molecule has 0 amide bonds. The van der Waals surface area contributed by atoms with Gasteiger partial charge in [0.1, 0.15) is 0 Å². The highest BCUT2D eigenvalue weighted by atomic mass is 16.2. The highest BCUT2D eigenvalue weighted by Crippen LogP contribution is 2.22. The Kier molecular flexibility index (Phi) is 4.18. The first-order valence-electron chi connectivity index (χ1n) is 6.60. The first-order chi connectivity index (χ1) is 8.24. The minimum Gasteiger partial charge on any atom is -0.396 e. The van der Waals surface area contributed by atoms with Crippen LogP contribution >= 0.6 is 0 Å². The van der Waals surface area contributed by atoms with Crippen LogP contribution in [0.3, 0.4) is 0 Å². The van der Waals surface area contributed by atoms with Crippen LogP contribution in [0.25, 0.3) is 0 Å². The number of nitrogens with zero attached hydrogens (tertiary/aromatic N) is 2. The molecule has 2 rings (SSSR count). The molecule has 0 saturated carbocycles. The first kappa shape index (κ1) is 12.6. The molecule has 0 radical (unpaired) electrons. The van der Waals surface area contributed by atoms with Crippen LogP contribution in [0.2, 0.25) is 0 Å². The van der Waals surface area contributed by atoms with Crippen molar-refractivity contribution in [3.05, 3.63) is 17.0 Å². The average Bonchev–Trinajstić information content (AvgIpc) is 2.64. The van der Waals surface area contributed by atoms with Gasteiger partial charge in [-0.05, 0) is 51.6 Å². The predicted molar refractivity (Wildman–Crippen MR) is 68.2 cm³/mol. The number of aryl methyl sites for hydroxylation is 1. The second kappa shape index (κ2) is 5.65. The van der Waals surface area contributed by atoms with Gasteiger partial charge in [0, 0.05) is 18.8 Å². The summed E-state index contributed by atoms with van der Waals surface area (Å²) in [5.41, 5.74) is 3.73. The van der Waals surface area contributed by atoms with Crippen molar-refractivity contribution in [3.8, 4) is 0 Å². The molecule has 1 fully saturated rings. The van der Waals surface area contributed by atoms with E-state index in [1.54, 1.807) is 0 Å². The van der Waals surface area contributed by atoms with Gasteiger partial charge in [0.05, 0.1) is 11.7 Å². The number of rotatable bonds is 4. The van der Waals surface area contributed by atoms with E-state index >= 15 is 0 Å². The fourth-order valence-corrected chi connectivity index (χ4v) is 2.71. The zero-order chi connectivity index (χ0) is 12.3. The maximum absolute atomic E-state index is 8.93. The van der Waals surface area contributed by atoms with Gasteiger partial charge in [-0.3, -0.25) is 4.68 Å². The van der Waals surface area contributed by atoms with Crippen molar-refractivity contribution in [1.29, 1.82) is 0 Å². The lowest BCUT2D eigenvalue weighted by molar-refractivity contribution is 0.288. The Hall–Kier alpha value is -0.870. The molecule has 4 nitrogen and oxygen atoms in total. The molecule has 17 heavy (non-hydrogen) atoms. The van der Waals surface area contributed by atoms with Crippen molar-refractivity contribution < 1.29 is 5.11 Å². The first-order valence-corrected chi connectivity index (χ1v) is 6.60. The minimum absolute atomic E-state index is 0.259. The normalized spacial score (nSPS) is 20.8. The minimum atomic E-state index is 0.259. The Morgan fingerprint density at radius 1 is 1.47 bits per heavy atom. The van der Waals surface area contributed by atoms with Crippen molar-refractivity contribution in [2.45, 2.75) is 45.6 Å².